The number of benzene rings is 1. The van der Waals surface area contributed by atoms with E-state index in [9.17, 15) is 0 Å². The summed E-state index contributed by atoms with van der Waals surface area (Å²) in [6.07, 6.45) is 7.71. The molecular weight excluding hydrogens is 208 g/mol. The number of aromatic nitrogens is 1. The predicted octanol–water partition coefficient (Wildman–Crippen LogP) is 2.78. The molecule has 3 rings (SSSR count). The van der Waals surface area contributed by atoms with Gasteiger partial charge in [-0.15, -0.1) is 0 Å². The first-order valence-electron chi connectivity index (χ1n) is 6.46. The van der Waals surface area contributed by atoms with Crippen LogP contribution < -0.4 is 5.32 Å². The molecule has 88 valence electrons. The van der Waals surface area contributed by atoms with E-state index in [-0.39, 0.29) is 0 Å². The van der Waals surface area contributed by atoms with E-state index in [1.807, 2.05) is 12.4 Å². The van der Waals surface area contributed by atoms with Gasteiger partial charge in [0.05, 0.1) is 0 Å². The second kappa shape index (κ2) is 4.84. The molecule has 2 heteroatoms. The molecule has 1 saturated heterocycles. The monoisotopic (exact) mass is 226 g/mol. The van der Waals surface area contributed by atoms with Crippen LogP contribution in [0.2, 0.25) is 0 Å². The van der Waals surface area contributed by atoms with E-state index in [1.165, 1.54) is 48.7 Å². The third kappa shape index (κ3) is 2.32. The summed E-state index contributed by atoms with van der Waals surface area (Å²) in [5, 5.41) is 6.12. The zero-order valence-electron chi connectivity index (χ0n) is 10.0. The number of fused-ring (bicyclic) bond motifs is 1. The predicted molar refractivity (Wildman–Crippen MR) is 71.0 cm³/mol. The minimum absolute atomic E-state index is 0.794. The molecule has 0 aliphatic carbocycles. The molecule has 1 aromatic carbocycles. The zero-order chi connectivity index (χ0) is 11.5. The molecular formula is C15H18N2. The van der Waals surface area contributed by atoms with Crippen LogP contribution in [0.25, 0.3) is 10.8 Å². The molecule has 17 heavy (non-hydrogen) atoms. The summed E-state index contributed by atoms with van der Waals surface area (Å²) in [7, 11) is 0. The Bertz CT molecular complexity index is 496. The van der Waals surface area contributed by atoms with Crippen LogP contribution in [0.3, 0.4) is 0 Å². The first-order chi connectivity index (χ1) is 8.43. The molecule has 0 radical (unpaired) electrons. The fraction of sp³-hybridized carbons (Fsp3) is 0.400. The van der Waals surface area contributed by atoms with Crippen LogP contribution in [0, 0.1) is 5.92 Å². The van der Waals surface area contributed by atoms with Crippen LogP contribution in [0.1, 0.15) is 18.4 Å². The van der Waals surface area contributed by atoms with Gasteiger partial charge in [0.25, 0.3) is 0 Å². The minimum Gasteiger partial charge on any atom is -0.316 e. The van der Waals surface area contributed by atoms with Gasteiger partial charge < -0.3 is 5.32 Å². The molecule has 2 heterocycles. The van der Waals surface area contributed by atoms with Crippen molar-refractivity contribution in [3.63, 3.8) is 0 Å². The van der Waals surface area contributed by atoms with E-state index in [2.05, 4.69) is 34.6 Å². The maximum absolute atomic E-state index is 4.19. The molecule has 1 aromatic heterocycles. The topological polar surface area (TPSA) is 24.9 Å². The maximum Gasteiger partial charge on any atom is 0.0346 e. The Balaban J connectivity index is 1.89. The van der Waals surface area contributed by atoms with Crippen LogP contribution in [0.4, 0.5) is 0 Å². The largest absolute Gasteiger partial charge is 0.316 e. The standard InChI is InChI=1S/C15H18N2/c1-4-13(9-12-3-2-7-16-10-12)15-6-8-17-11-14(15)5-1/h1,4-6,8,11-12,16H,2-3,7,9-10H2. The Morgan fingerprint density at radius 1 is 1.29 bits per heavy atom. The molecule has 0 bridgehead atoms. The highest BCUT2D eigenvalue weighted by Crippen LogP contribution is 2.23. The number of nitrogens with one attached hydrogen (secondary N) is 1. The van der Waals surface area contributed by atoms with Crippen LogP contribution in [0.5, 0.6) is 0 Å². The van der Waals surface area contributed by atoms with Gasteiger partial charge >= 0.3 is 0 Å². The lowest BCUT2D eigenvalue weighted by Gasteiger charge is -2.23. The van der Waals surface area contributed by atoms with Gasteiger partial charge in [-0.2, -0.15) is 0 Å². The van der Waals surface area contributed by atoms with Gasteiger partial charge in [0.1, 0.15) is 0 Å². The second-order valence-electron chi connectivity index (χ2n) is 4.93. The van der Waals surface area contributed by atoms with E-state index in [0.29, 0.717) is 0 Å². The Morgan fingerprint density at radius 2 is 2.29 bits per heavy atom. The number of rotatable bonds is 2. The molecule has 1 unspecified atom stereocenters. The van der Waals surface area contributed by atoms with Crippen molar-refractivity contribution < 1.29 is 0 Å². The Hall–Kier alpha value is -1.41. The van der Waals surface area contributed by atoms with E-state index in [0.717, 1.165) is 5.92 Å². The van der Waals surface area contributed by atoms with Gasteiger partial charge in [0, 0.05) is 17.8 Å². The zero-order valence-corrected chi connectivity index (χ0v) is 10.0. The van der Waals surface area contributed by atoms with Crippen molar-refractivity contribution >= 4 is 10.8 Å². The van der Waals surface area contributed by atoms with Crippen molar-refractivity contribution in [2.24, 2.45) is 5.92 Å². The summed E-state index contributed by atoms with van der Waals surface area (Å²) in [6.45, 7) is 2.36. The highest BCUT2D eigenvalue weighted by Gasteiger charge is 2.14. The first-order valence-corrected chi connectivity index (χ1v) is 6.46. The molecule has 2 aromatic rings. The fourth-order valence-electron chi connectivity index (χ4n) is 2.78. The molecule has 1 N–H and O–H groups in total. The van der Waals surface area contributed by atoms with E-state index >= 15 is 0 Å². The number of nitrogens with zero attached hydrogens (tertiary/aromatic N) is 1. The third-order valence-electron chi connectivity index (χ3n) is 3.68. The Kier molecular flexibility index (Phi) is 3.06. The van der Waals surface area contributed by atoms with Gasteiger partial charge in [0.2, 0.25) is 0 Å². The molecule has 0 spiro atoms. The summed E-state index contributed by atoms with van der Waals surface area (Å²) in [6, 6.07) is 8.69. The lowest BCUT2D eigenvalue weighted by Crippen LogP contribution is -2.30. The number of hydrogen-bond donors (Lipinski definition) is 1. The van der Waals surface area contributed by atoms with Crippen LogP contribution in [-0.4, -0.2) is 18.1 Å². The van der Waals surface area contributed by atoms with Gasteiger partial charge in [-0.1, -0.05) is 18.2 Å². The quantitative estimate of drug-likeness (QED) is 0.851. The molecule has 1 aliphatic rings. The minimum atomic E-state index is 0.794. The smallest absolute Gasteiger partial charge is 0.0346 e. The van der Waals surface area contributed by atoms with E-state index in [1.54, 1.807) is 0 Å². The molecule has 2 nitrogen and oxygen atoms in total. The summed E-state index contributed by atoms with van der Waals surface area (Å²) in [5.74, 6) is 0.794. The lowest BCUT2D eigenvalue weighted by atomic mass is 9.90. The fourth-order valence-corrected chi connectivity index (χ4v) is 2.78. The van der Waals surface area contributed by atoms with Gasteiger partial charge in [0.15, 0.2) is 0 Å². The highest BCUT2D eigenvalue weighted by molar-refractivity contribution is 5.84. The average molecular weight is 226 g/mol. The van der Waals surface area contributed by atoms with Crippen molar-refractivity contribution in [1.29, 1.82) is 0 Å². The highest BCUT2D eigenvalue weighted by atomic mass is 14.9. The van der Waals surface area contributed by atoms with Crippen molar-refractivity contribution in [1.82, 2.24) is 10.3 Å². The number of piperidine rings is 1. The van der Waals surface area contributed by atoms with Crippen LogP contribution in [-0.2, 0) is 6.42 Å². The summed E-state index contributed by atoms with van der Waals surface area (Å²) in [4.78, 5) is 4.19. The molecule has 0 amide bonds. The normalized spacial score (nSPS) is 20.6. The lowest BCUT2D eigenvalue weighted by molar-refractivity contribution is 0.377. The van der Waals surface area contributed by atoms with Crippen molar-refractivity contribution in [3.8, 4) is 0 Å². The molecule has 1 aliphatic heterocycles. The first kappa shape index (κ1) is 10.7. The average Bonchev–Trinajstić information content (AvgIpc) is 2.40. The van der Waals surface area contributed by atoms with Gasteiger partial charge in [-0.05, 0) is 55.3 Å². The van der Waals surface area contributed by atoms with Crippen LogP contribution in [0.15, 0.2) is 36.7 Å². The van der Waals surface area contributed by atoms with Crippen molar-refractivity contribution in [2.45, 2.75) is 19.3 Å². The SMILES string of the molecule is c1cc(CC2CCCNC2)c2ccncc2c1. The summed E-state index contributed by atoms with van der Waals surface area (Å²) < 4.78 is 0. The summed E-state index contributed by atoms with van der Waals surface area (Å²) >= 11 is 0. The van der Waals surface area contributed by atoms with E-state index < -0.39 is 0 Å². The second-order valence-corrected chi connectivity index (χ2v) is 4.93. The molecule has 1 atom stereocenters. The number of pyridine rings is 1. The molecule has 1 fully saturated rings. The third-order valence-corrected chi connectivity index (χ3v) is 3.68. The van der Waals surface area contributed by atoms with Crippen LogP contribution >= 0.6 is 0 Å². The van der Waals surface area contributed by atoms with Gasteiger partial charge in [-0.3, -0.25) is 4.98 Å². The van der Waals surface area contributed by atoms with Crippen molar-refractivity contribution in [2.75, 3.05) is 13.1 Å². The van der Waals surface area contributed by atoms with E-state index in [4.69, 9.17) is 0 Å². The summed E-state index contributed by atoms with van der Waals surface area (Å²) in [5.41, 5.74) is 1.47. The van der Waals surface area contributed by atoms with Gasteiger partial charge in [-0.25, -0.2) is 0 Å². The van der Waals surface area contributed by atoms with Crippen molar-refractivity contribution in [3.05, 3.63) is 42.2 Å². The Labute approximate surface area is 102 Å². The maximum atomic E-state index is 4.19. The number of hydrogen-bond acceptors (Lipinski definition) is 2. The molecule has 0 saturated carbocycles. The Morgan fingerprint density at radius 3 is 3.18 bits per heavy atom.